The van der Waals surface area contributed by atoms with Gasteiger partial charge in [-0.2, -0.15) is 0 Å². The summed E-state index contributed by atoms with van der Waals surface area (Å²) in [5, 5.41) is 3.44. The molecular weight excluding hydrogens is 182 g/mol. The lowest BCUT2D eigenvalue weighted by molar-refractivity contribution is -0.244. The molecule has 0 amide bonds. The van der Waals surface area contributed by atoms with Crippen LogP contribution in [0, 0.1) is 0 Å². The van der Waals surface area contributed by atoms with E-state index in [2.05, 4.69) is 5.32 Å². The van der Waals surface area contributed by atoms with Gasteiger partial charge in [-0.15, -0.1) is 0 Å². The van der Waals surface area contributed by atoms with Crippen molar-refractivity contribution in [3.05, 3.63) is 0 Å². The molecule has 0 aromatic rings. The molecule has 2 saturated heterocycles. The fourth-order valence-corrected chi connectivity index (χ4v) is 1.86. The second-order valence-corrected chi connectivity index (χ2v) is 4.29. The van der Waals surface area contributed by atoms with Gasteiger partial charge in [-0.05, 0) is 13.8 Å². The van der Waals surface area contributed by atoms with Crippen molar-refractivity contribution in [1.29, 1.82) is 0 Å². The molecule has 2 aliphatic rings. The smallest absolute Gasteiger partial charge is 0.132 e. The molecule has 1 unspecified atom stereocenters. The summed E-state index contributed by atoms with van der Waals surface area (Å²) in [7, 11) is 0. The molecule has 1 N–H and O–H groups in total. The molecule has 82 valence electrons. The minimum atomic E-state index is -0.104. The normalized spacial score (nSPS) is 30.6. The van der Waals surface area contributed by atoms with Crippen LogP contribution in [0.15, 0.2) is 0 Å². The van der Waals surface area contributed by atoms with Gasteiger partial charge in [-0.25, -0.2) is 0 Å². The number of ether oxygens (including phenoxy) is 3. The van der Waals surface area contributed by atoms with Gasteiger partial charge in [0.25, 0.3) is 0 Å². The van der Waals surface area contributed by atoms with E-state index in [-0.39, 0.29) is 17.7 Å². The topological polar surface area (TPSA) is 39.7 Å². The maximum Gasteiger partial charge on any atom is 0.132 e. The number of nitrogens with one attached hydrogen (secondary N) is 1. The van der Waals surface area contributed by atoms with Crippen LogP contribution >= 0.6 is 0 Å². The molecular formula is C10H19NO3. The Labute approximate surface area is 84.9 Å². The SMILES string of the molecule is CC(C)OCC1NCCOC12COC2. The van der Waals surface area contributed by atoms with Crippen LogP contribution in [0.25, 0.3) is 0 Å². The zero-order valence-corrected chi connectivity index (χ0v) is 8.91. The highest BCUT2D eigenvalue weighted by molar-refractivity contribution is 5.00. The Morgan fingerprint density at radius 2 is 2.29 bits per heavy atom. The molecule has 0 bridgehead atoms. The quantitative estimate of drug-likeness (QED) is 0.706. The van der Waals surface area contributed by atoms with E-state index in [1.165, 1.54) is 0 Å². The lowest BCUT2D eigenvalue weighted by Crippen LogP contribution is -2.69. The zero-order chi connectivity index (χ0) is 10.0. The first-order valence-electron chi connectivity index (χ1n) is 5.30. The maximum absolute atomic E-state index is 5.78. The average molecular weight is 201 g/mol. The van der Waals surface area contributed by atoms with Gasteiger partial charge in [0, 0.05) is 6.54 Å². The summed E-state index contributed by atoms with van der Waals surface area (Å²) in [5.41, 5.74) is -0.104. The highest BCUT2D eigenvalue weighted by Gasteiger charge is 2.48. The number of hydrogen-bond acceptors (Lipinski definition) is 4. The van der Waals surface area contributed by atoms with Crippen LogP contribution in [-0.4, -0.2) is 50.7 Å². The number of rotatable bonds is 3. The standard InChI is InChI=1S/C10H19NO3/c1-8(2)13-5-9-10(6-12-7-10)14-4-3-11-9/h8-9,11H,3-7H2,1-2H3. The first-order chi connectivity index (χ1) is 6.73. The van der Waals surface area contributed by atoms with E-state index < -0.39 is 0 Å². The predicted molar refractivity (Wildman–Crippen MR) is 52.4 cm³/mol. The maximum atomic E-state index is 5.78. The van der Waals surface area contributed by atoms with Crippen molar-refractivity contribution in [1.82, 2.24) is 5.32 Å². The van der Waals surface area contributed by atoms with Gasteiger partial charge in [0.05, 0.1) is 38.6 Å². The monoisotopic (exact) mass is 201 g/mol. The molecule has 2 aliphatic heterocycles. The summed E-state index contributed by atoms with van der Waals surface area (Å²) >= 11 is 0. The van der Waals surface area contributed by atoms with E-state index in [0.717, 1.165) is 13.2 Å². The van der Waals surface area contributed by atoms with E-state index in [4.69, 9.17) is 14.2 Å². The molecule has 1 atom stereocenters. The Hall–Kier alpha value is -0.160. The Morgan fingerprint density at radius 3 is 2.86 bits per heavy atom. The van der Waals surface area contributed by atoms with Gasteiger partial charge < -0.3 is 19.5 Å². The van der Waals surface area contributed by atoms with Gasteiger partial charge in [0.2, 0.25) is 0 Å². The molecule has 0 saturated carbocycles. The highest BCUT2D eigenvalue weighted by atomic mass is 16.6. The van der Waals surface area contributed by atoms with Crippen LogP contribution in [0.4, 0.5) is 0 Å². The molecule has 0 aromatic heterocycles. The van der Waals surface area contributed by atoms with E-state index >= 15 is 0 Å². The fraction of sp³-hybridized carbons (Fsp3) is 1.00. The van der Waals surface area contributed by atoms with Crippen molar-refractivity contribution < 1.29 is 14.2 Å². The van der Waals surface area contributed by atoms with E-state index in [1.54, 1.807) is 0 Å². The summed E-state index contributed by atoms with van der Waals surface area (Å²) in [6.07, 6.45) is 0.275. The number of hydrogen-bond donors (Lipinski definition) is 1. The first-order valence-corrected chi connectivity index (χ1v) is 5.30. The van der Waals surface area contributed by atoms with Gasteiger partial charge in [0.15, 0.2) is 0 Å². The molecule has 2 rings (SSSR count). The molecule has 2 fully saturated rings. The predicted octanol–water partition coefficient (Wildman–Crippen LogP) is 0.169. The zero-order valence-electron chi connectivity index (χ0n) is 8.91. The lowest BCUT2D eigenvalue weighted by Gasteiger charge is -2.49. The summed E-state index contributed by atoms with van der Waals surface area (Å²) in [6, 6.07) is 0.285. The molecule has 0 aromatic carbocycles. The summed E-state index contributed by atoms with van der Waals surface area (Å²) in [6.45, 7) is 7.90. The van der Waals surface area contributed by atoms with Crippen molar-refractivity contribution in [2.45, 2.75) is 31.6 Å². The number of morpholine rings is 1. The van der Waals surface area contributed by atoms with E-state index in [1.807, 2.05) is 13.8 Å². The van der Waals surface area contributed by atoms with Crippen LogP contribution in [0.5, 0.6) is 0 Å². The molecule has 4 nitrogen and oxygen atoms in total. The second-order valence-electron chi connectivity index (χ2n) is 4.29. The fourth-order valence-electron chi connectivity index (χ4n) is 1.86. The molecule has 4 heteroatoms. The molecule has 2 heterocycles. The van der Waals surface area contributed by atoms with Crippen LogP contribution in [-0.2, 0) is 14.2 Å². The van der Waals surface area contributed by atoms with Crippen molar-refractivity contribution in [2.75, 3.05) is 33.0 Å². The van der Waals surface area contributed by atoms with E-state index in [9.17, 15) is 0 Å². The first kappa shape index (κ1) is 10.4. The lowest BCUT2D eigenvalue weighted by atomic mass is 9.91. The Kier molecular flexibility index (Phi) is 3.07. The van der Waals surface area contributed by atoms with Gasteiger partial charge in [-0.1, -0.05) is 0 Å². The third-order valence-electron chi connectivity index (χ3n) is 2.81. The van der Waals surface area contributed by atoms with Crippen molar-refractivity contribution in [3.63, 3.8) is 0 Å². The molecule has 0 aliphatic carbocycles. The second kappa shape index (κ2) is 4.14. The van der Waals surface area contributed by atoms with Crippen LogP contribution < -0.4 is 5.32 Å². The van der Waals surface area contributed by atoms with Crippen LogP contribution in [0.1, 0.15) is 13.8 Å². The van der Waals surface area contributed by atoms with Gasteiger partial charge >= 0.3 is 0 Å². The summed E-state index contributed by atoms with van der Waals surface area (Å²) in [5.74, 6) is 0. The van der Waals surface area contributed by atoms with Crippen LogP contribution in [0.2, 0.25) is 0 Å². The highest BCUT2D eigenvalue weighted by Crippen LogP contribution is 2.28. The Bertz CT molecular complexity index is 192. The minimum absolute atomic E-state index is 0.104. The minimum Gasteiger partial charge on any atom is -0.377 e. The van der Waals surface area contributed by atoms with Crippen molar-refractivity contribution in [3.8, 4) is 0 Å². The third kappa shape index (κ3) is 1.93. The van der Waals surface area contributed by atoms with Gasteiger partial charge in [0.1, 0.15) is 5.60 Å². The summed E-state index contributed by atoms with van der Waals surface area (Å²) < 4.78 is 16.6. The Balaban J connectivity index is 1.87. The summed E-state index contributed by atoms with van der Waals surface area (Å²) in [4.78, 5) is 0. The Morgan fingerprint density at radius 1 is 1.50 bits per heavy atom. The van der Waals surface area contributed by atoms with Crippen molar-refractivity contribution in [2.24, 2.45) is 0 Å². The van der Waals surface area contributed by atoms with E-state index in [0.29, 0.717) is 19.8 Å². The van der Waals surface area contributed by atoms with Crippen molar-refractivity contribution >= 4 is 0 Å². The molecule has 0 radical (unpaired) electrons. The van der Waals surface area contributed by atoms with Crippen LogP contribution in [0.3, 0.4) is 0 Å². The molecule has 14 heavy (non-hydrogen) atoms. The third-order valence-corrected chi connectivity index (χ3v) is 2.81. The average Bonchev–Trinajstić information content (AvgIpc) is 2.12. The largest absolute Gasteiger partial charge is 0.377 e. The van der Waals surface area contributed by atoms with Gasteiger partial charge in [-0.3, -0.25) is 0 Å². The molecule has 1 spiro atoms.